The van der Waals surface area contributed by atoms with Crippen LogP contribution in [0.5, 0.6) is 11.5 Å². The third-order valence-corrected chi connectivity index (χ3v) is 5.47. The van der Waals surface area contributed by atoms with E-state index in [9.17, 15) is 14.7 Å². The maximum absolute atomic E-state index is 12.6. The van der Waals surface area contributed by atoms with E-state index in [1.54, 1.807) is 4.90 Å². The molecule has 0 radical (unpaired) electrons. The van der Waals surface area contributed by atoms with E-state index in [-0.39, 0.29) is 43.1 Å². The first-order valence-electron chi connectivity index (χ1n) is 8.46. The number of esters is 1. The molecule has 0 spiro atoms. The summed E-state index contributed by atoms with van der Waals surface area (Å²) in [6.07, 6.45) is 3.02. The normalized spacial score (nSPS) is 14.1. The van der Waals surface area contributed by atoms with Gasteiger partial charge in [-0.05, 0) is 43.5 Å². The molecule has 1 aliphatic rings. The summed E-state index contributed by atoms with van der Waals surface area (Å²) < 4.78 is 5.27. The van der Waals surface area contributed by atoms with Crippen LogP contribution >= 0.6 is 46.4 Å². The topological polar surface area (TPSA) is 66.8 Å². The molecule has 0 bridgehead atoms. The van der Waals surface area contributed by atoms with Gasteiger partial charge in [0.2, 0.25) is 0 Å². The maximum atomic E-state index is 12.6. The monoisotopic (exact) mass is 461 g/mol. The number of aromatic hydroxyl groups is 1. The summed E-state index contributed by atoms with van der Waals surface area (Å²) in [4.78, 5) is 26.7. The Morgan fingerprint density at radius 1 is 0.821 bits per heavy atom. The fourth-order valence-electron chi connectivity index (χ4n) is 2.90. The second-order valence-electron chi connectivity index (χ2n) is 6.30. The van der Waals surface area contributed by atoms with Crippen molar-refractivity contribution >= 4 is 58.3 Å². The van der Waals surface area contributed by atoms with Crippen LogP contribution in [-0.2, 0) is 0 Å². The number of carbonyl (C=O) groups excluding carboxylic acids is 2. The Balaban J connectivity index is 1.83. The van der Waals surface area contributed by atoms with Crippen molar-refractivity contribution < 1.29 is 19.4 Å². The predicted octanol–water partition coefficient (Wildman–Crippen LogP) is 5.85. The van der Waals surface area contributed by atoms with Crippen molar-refractivity contribution in [2.75, 3.05) is 13.1 Å². The molecule has 0 atom stereocenters. The van der Waals surface area contributed by atoms with Crippen LogP contribution in [-0.4, -0.2) is 35.0 Å². The van der Waals surface area contributed by atoms with Gasteiger partial charge in [-0.15, -0.1) is 0 Å². The smallest absolute Gasteiger partial charge is 0.343 e. The van der Waals surface area contributed by atoms with E-state index in [1.807, 2.05) is 0 Å². The molecule has 0 aromatic heterocycles. The summed E-state index contributed by atoms with van der Waals surface area (Å²) in [6, 6.07) is 5.26. The molecule has 0 unspecified atom stereocenters. The van der Waals surface area contributed by atoms with Gasteiger partial charge >= 0.3 is 5.97 Å². The first kappa shape index (κ1) is 21.1. The fourth-order valence-corrected chi connectivity index (χ4v) is 3.95. The summed E-state index contributed by atoms with van der Waals surface area (Å²) in [7, 11) is 0. The quantitative estimate of drug-likeness (QED) is 0.458. The van der Waals surface area contributed by atoms with Gasteiger partial charge in [0.25, 0.3) is 5.91 Å². The summed E-state index contributed by atoms with van der Waals surface area (Å²) in [5.74, 6) is -1.40. The van der Waals surface area contributed by atoms with Crippen molar-refractivity contribution in [3.05, 3.63) is 55.5 Å². The Labute approximate surface area is 181 Å². The maximum Gasteiger partial charge on any atom is 0.343 e. The van der Waals surface area contributed by atoms with Gasteiger partial charge < -0.3 is 14.7 Å². The predicted molar refractivity (Wildman–Crippen MR) is 109 cm³/mol. The van der Waals surface area contributed by atoms with Crippen LogP contribution in [0.25, 0.3) is 0 Å². The summed E-state index contributed by atoms with van der Waals surface area (Å²) in [5.41, 5.74) is 0.334. The van der Waals surface area contributed by atoms with Crippen LogP contribution < -0.4 is 4.74 Å². The number of amides is 1. The number of hydrogen-bond acceptors (Lipinski definition) is 4. The molecule has 2 aromatic carbocycles. The van der Waals surface area contributed by atoms with E-state index in [0.717, 1.165) is 19.3 Å². The number of hydrogen-bond donors (Lipinski definition) is 1. The number of piperidine rings is 1. The fraction of sp³-hybridized carbons (Fsp3) is 0.263. The lowest BCUT2D eigenvalue weighted by Gasteiger charge is -2.27. The van der Waals surface area contributed by atoms with Crippen LogP contribution in [0.4, 0.5) is 0 Å². The molecule has 1 heterocycles. The Kier molecular flexibility index (Phi) is 6.61. The third kappa shape index (κ3) is 4.49. The van der Waals surface area contributed by atoms with E-state index in [0.29, 0.717) is 18.7 Å². The molecular formula is C19H15Cl4NO4. The van der Waals surface area contributed by atoms with E-state index < -0.39 is 5.97 Å². The zero-order chi connectivity index (χ0) is 20.4. The average molecular weight is 463 g/mol. The van der Waals surface area contributed by atoms with Crippen molar-refractivity contribution in [3.8, 4) is 11.5 Å². The van der Waals surface area contributed by atoms with Gasteiger partial charge in [0.1, 0.15) is 0 Å². The molecule has 1 saturated heterocycles. The molecule has 28 heavy (non-hydrogen) atoms. The van der Waals surface area contributed by atoms with Crippen molar-refractivity contribution in [2.24, 2.45) is 0 Å². The minimum atomic E-state index is -0.817. The van der Waals surface area contributed by atoms with E-state index >= 15 is 0 Å². The molecule has 5 nitrogen and oxygen atoms in total. The number of phenols is 1. The molecule has 0 saturated carbocycles. The third-order valence-electron chi connectivity index (χ3n) is 4.34. The number of likely N-dealkylation sites (tertiary alicyclic amines) is 1. The largest absolute Gasteiger partial charge is 0.505 e. The average Bonchev–Trinajstić information content (AvgIpc) is 2.68. The Morgan fingerprint density at radius 2 is 1.32 bits per heavy atom. The molecule has 3 rings (SSSR count). The van der Waals surface area contributed by atoms with E-state index in [4.69, 9.17) is 51.1 Å². The summed E-state index contributed by atoms with van der Waals surface area (Å²) >= 11 is 24.1. The molecule has 9 heteroatoms. The molecule has 148 valence electrons. The van der Waals surface area contributed by atoms with E-state index in [2.05, 4.69) is 0 Å². The molecule has 1 fully saturated rings. The second-order valence-corrected chi connectivity index (χ2v) is 7.93. The molecule has 0 aliphatic carbocycles. The Hall–Kier alpha value is -1.66. The van der Waals surface area contributed by atoms with Gasteiger partial charge in [-0.2, -0.15) is 0 Å². The number of phenolic OH excluding ortho intramolecular Hbond substituents is 1. The van der Waals surface area contributed by atoms with Gasteiger partial charge in [0.05, 0.1) is 25.7 Å². The first-order chi connectivity index (χ1) is 13.3. The van der Waals surface area contributed by atoms with Crippen LogP contribution in [0.3, 0.4) is 0 Å². The van der Waals surface area contributed by atoms with Gasteiger partial charge in [-0.1, -0.05) is 46.4 Å². The van der Waals surface area contributed by atoms with Gasteiger partial charge in [0.15, 0.2) is 11.5 Å². The van der Waals surface area contributed by atoms with Crippen molar-refractivity contribution in [1.29, 1.82) is 0 Å². The lowest BCUT2D eigenvalue weighted by molar-refractivity contribution is 0.0723. The first-order valence-corrected chi connectivity index (χ1v) is 9.97. The van der Waals surface area contributed by atoms with Gasteiger partial charge in [-0.25, -0.2) is 4.79 Å². The van der Waals surface area contributed by atoms with Crippen LogP contribution in [0.2, 0.25) is 20.1 Å². The van der Waals surface area contributed by atoms with Crippen molar-refractivity contribution in [1.82, 2.24) is 4.90 Å². The highest BCUT2D eigenvalue weighted by atomic mass is 35.5. The number of benzene rings is 2. The van der Waals surface area contributed by atoms with Gasteiger partial charge in [0, 0.05) is 18.7 Å². The Morgan fingerprint density at radius 3 is 1.86 bits per heavy atom. The lowest BCUT2D eigenvalue weighted by atomic mass is 10.1. The molecule has 1 amide bonds. The number of ether oxygens (including phenoxy) is 1. The van der Waals surface area contributed by atoms with Crippen molar-refractivity contribution in [2.45, 2.75) is 19.3 Å². The lowest BCUT2D eigenvalue weighted by Crippen LogP contribution is -2.35. The number of halogens is 4. The molecule has 1 N–H and O–H groups in total. The summed E-state index contributed by atoms with van der Waals surface area (Å²) in [5, 5.41) is 9.44. The minimum absolute atomic E-state index is 0.00778. The van der Waals surface area contributed by atoms with Crippen LogP contribution in [0.15, 0.2) is 24.3 Å². The minimum Gasteiger partial charge on any atom is -0.505 e. The molecule has 2 aromatic rings. The second kappa shape index (κ2) is 8.78. The number of carbonyl (C=O) groups is 2. The highest BCUT2D eigenvalue weighted by Gasteiger charge is 2.23. The standard InChI is InChI=1S/C19H15Cl4NO4/c20-12-8-11(9-13(21)16(12)25)19(27)28-17-14(22)6-10(7-15(17)23)18(26)24-4-2-1-3-5-24/h6-9,25H,1-5H2. The van der Waals surface area contributed by atoms with E-state index in [1.165, 1.54) is 24.3 Å². The zero-order valence-electron chi connectivity index (χ0n) is 14.5. The van der Waals surface area contributed by atoms with Crippen LogP contribution in [0.1, 0.15) is 40.0 Å². The van der Waals surface area contributed by atoms with Crippen molar-refractivity contribution in [3.63, 3.8) is 0 Å². The number of nitrogens with zero attached hydrogens (tertiary/aromatic N) is 1. The van der Waals surface area contributed by atoms with Crippen LogP contribution in [0, 0.1) is 0 Å². The Bertz CT molecular complexity index is 896. The zero-order valence-corrected chi connectivity index (χ0v) is 17.5. The molecule has 1 aliphatic heterocycles. The summed E-state index contributed by atoms with van der Waals surface area (Å²) in [6.45, 7) is 1.38. The number of rotatable bonds is 3. The molecular weight excluding hydrogens is 448 g/mol. The van der Waals surface area contributed by atoms with Gasteiger partial charge in [-0.3, -0.25) is 4.79 Å². The SMILES string of the molecule is O=C(Oc1c(Cl)cc(C(=O)N2CCCCC2)cc1Cl)c1cc(Cl)c(O)c(Cl)c1. The highest BCUT2D eigenvalue weighted by molar-refractivity contribution is 6.38. The highest BCUT2D eigenvalue weighted by Crippen LogP contribution is 2.37.